The van der Waals surface area contributed by atoms with E-state index in [2.05, 4.69) is 143 Å². The van der Waals surface area contributed by atoms with Crippen molar-refractivity contribution in [3.63, 3.8) is 0 Å². The number of benzene rings is 10. The third-order valence-corrected chi connectivity index (χ3v) is 13.9. The highest BCUT2D eigenvalue weighted by atomic mass is 15.2. The van der Waals surface area contributed by atoms with Crippen molar-refractivity contribution in [2.24, 2.45) is 0 Å². The molecule has 0 bridgehead atoms. The molecular formula is C66H42N8. The highest BCUT2D eigenvalue weighted by Gasteiger charge is 2.28. The molecule has 8 heteroatoms. The van der Waals surface area contributed by atoms with Crippen LogP contribution in [0.4, 0.5) is 0 Å². The van der Waals surface area contributed by atoms with E-state index in [1.165, 1.54) is 0 Å². The van der Waals surface area contributed by atoms with Gasteiger partial charge in [-0.1, -0.05) is 231 Å². The zero-order valence-electron chi connectivity index (χ0n) is 39.8. The van der Waals surface area contributed by atoms with Gasteiger partial charge in [0.25, 0.3) is 0 Å². The van der Waals surface area contributed by atoms with Gasteiger partial charge in [0.05, 0.1) is 22.1 Å². The van der Waals surface area contributed by atoms with Gasteiger partial charge in [0.1, 0.15) is 0 Å². The van der Waals surface area contributed by atoms with Crippen LogP contribution in [0.15, 0.2) is 255 Å². The van der Waals surface area contributed by atoms with E-state index in [1.807, 2.05) is 121 Å². The van der Waals surface area contributed by atoms with Crippen LogP contribution < -0.4 is 0 Å². The Hall–Kier alpha value is -10.2. The molecule has 14 aromatic rings. The smallest absolute Gasteiger partial charge is 0.238 e. The molecule has 0 aliphatic heterocycles. The summed E-state index contributed by atoms with van der Waals surface area (Å²) in [5.74, 6) is 3.42. The number of aromatic nitrogens is 8. The molecule has 8 nitrogen and oxygen atoms in total. The van der Waals surface area contributed by atoms with Gasteiger partial charge in [0, 0.05) is 54.9 Å². The van der Waals surface area contributed by atoms with Crippen LogP contribution in [0, 0.1) is 0 Å². The Bertz CT molecular complexity index is 3990. The molecular weight excluding hydrogens is 905 g/mol. The number of hydrogen-bond donors (Lipinski definition) is 0. The maximum absolute atomic E-state index is 5.32. The largest absolute Gasteiger partial charge is 0.278 e. The highest BCUT2D eigenvalue weighted by Crippen LogP contribution is 2.51. The number of nitrogens with zero attached hydrogens (tertiary/aromatic N) is 8. The summed E-state index contributed by atoms with van der Waals surface area (Å²) in [6, 6.07) is 88.4. The normalized spacial score (nSPS) is 11.5. The minimum atomic E-state index is 0.527. The molecule has 10 aromatic carbocycles. The molecule has 0 N–H and O–H groups in total. The van der Waals surface area contributed by atoms with Crippen LogP contribution in [-0.2, 0) is 0 Å². The maximum Gasteiger partial charge on any atom is 0.238 e. The first-order chi connectivity index (χ1) is 36.7. The van der Waals surface area contributed by atoms with E-state index in [0.29, 0.717) is 35.2 Å². The van der Waals surface area contributed by atoms with Crippen molar-refractivity contribution in [3.05, 3.63) is 255 Å². The summed E-state index contributed by atoms with van der Waals surface area (Å²) in [5, 5.41) is 4.28. The number of hydrogen-bond acceptors (Lipinski definition) is 6. The lowest BCUT2D eigenvalue weighted by molar-refractivity contribution is 0.953. The second-order valence-corrected chi connectivity index (χ2v) is 18.2. The lowest BCUT2D eigenvalue weighted by Crippen LogP contribution is -2.06. The predicted octanol–water partition coefficient (Wildman–Crippen LogP) is 15.9. The van der Waals surface area contributed by atoms with Gasteiger partial charge in [-0.15, -0.1) is 0 Å². The zero-order valence-corrected chi connectivity index (χ0v) is 39.8. The van der Waals surface area contributed by atoms with E-state index in [-0.39, 0.29) is 0 Å². The maximum atomic E-state index is 5.32. The molecule has 0 saturated heterocycles. The SMILES string of the molecule is c1ccc(-c2nc(-c3ccccc3)nc(-n3c4ccccc4c4c(-c5c(-c6ccccc6)ccc6c5c5ccccc5n6-c5nc(-c6ccccc6)nc(-c6ccccc6)n5)c(-c5ccccc5)ccc43)n2)cc1. The quantitative estimate of drug-likeness (QED) is 0.143. The van der Waals surface area contributed by atoms with Gasteiger partial charge in [-0.2, -0.15) is 19.9 Å². The topological polar surface area (TPSA) is 87.2 Å². The molecule has 346 valence electrons. The van der Waals surface area contributed by atoms with Gasteiger partial charge in [0.15, 0.2) is 23.3 Å². The molecule has 14 rings (SSSR count). The van der Waals surface area contributed by atoms with Crippen LogP contribution >= 0.6 is 0 Å². The van der Waals surface area contributed by atoms with Crippen LogP contribution in [-0.4, -0.2) is 39.0 Å². The third kappa shape index (κ3) is 7.23. The Morgan fingerprint density at radius 2 is 0.486 bits per heavy atom. The molecule has 0 fully saturated rings. The van der Waals surface area contributed by atoms with E-state index in [9.17, 15) is 0 Å². The average molecular weight is 947 g/mol. The fraction of sp³-hybridized carbons (Fsp3) is 0. The summed E-state index contributed by atoms with van der Waals surface area (Å²) >= 11 is 0. The summed E-state index contributed by atoms with van der Waals surface area (Å²) in [7, 11) is 0. The minimum absolute atomic E-state index is 0.527. The van der Waals surface area contributed by atoms with Gasteiger partial charge in [-0.25, -0.2) is 9.97 Å². The van der Waals surface area contributed by atoms with Crippen molar-refractivity contribution in [2.45, 2.75) is 0 Å². The first kappa shape index (κ1) is 42.7. The lowest BCUT2D eigenvalue weighted by Gasteiger charge is -2.19. The van der Waals surface area contributed by atoms with Gasteiger partial charge < -0.3 is 0 Å². The van der Waals surface area contributed by atoms with E-state index in [4.69, 9.17) is 29.9 Å². The van der Waals surface area contributed by atoms with E-state index in [0.717, 1.165) is 99.2 Å². The molecule has 0 amide bonds. The molecule has 0 spiro atoms. The standard InChI is InChI=1S/C66H42N8/c1-7-23-43(24-8-1)49-39-41-55-57(51-35-19-21-37-53(51)73(55)65-69-61(45-27-11-3-12-28-45)67-62(70-65)46-29-13-4-14-30-46)59(49)60-50(44-25-9-2-10-26-44)40-42-56-58(60)52-36-20-22-38-54(52)74(56)66-71-63(47-31-15-5-16-32-47)68-64(72-66)48-33-17-6-18-34-48/h1-42H. The van der Waals surface area contributed by atoms with Gasteiger partial charge >= 0.3 is 0 Å². The highest BCUT2D eigenvalue weighted by molar-refractivity contribution is 6.26. The van der Waals surface area contributed by atoms with Gasteiger partial charge in [0.2, 0.25) is 11.9 Å². The summed E-state index contributed by atoms with van der Waals surface area (Å²) in [5.41, 5.74) is 14.0. The fourth-order valence-corrected chi connectivity index (χ4v) is 10.6. The molecule has 0 saturated carbocycles. The van der Waals surface area contributed by atoms with E-state index >= 15 is 0 Å². The van der Waals surface area contributed by atoms with Crippen molar-refractivity contribution in [2.75, 3.05) is 0 Å². The Kier molecular flexibility index (Phi) is 10.3. The average Bonchev–Trinajstić information content (AvgIpc) is 4.01. The molecule has 0 aliphatic carbocycles. The number of fused-ring (bicyclic) bond motifs is 6. The molecule has 0 atom stereocenters. The molecule has 74 heavy (non-hydrogen) atoms. The van der Waals surface area contributed by atoms with Crippen molar-refractivity contribution in [1.29, 1.82) is 0 Å². The van der Waals surface area contributed by atoms with Crippen molar-refractivity contribution in [3.8, 4) is 90.8 Å². The monoisotopic (exact) mass is 946 g/mol. The van der Waals surface area contributed by atoms with Crippen LogP contribution in [0.25, 0.3) is 134 Å². The Balaban J connectivity index is 1.13. The number of rotatable bonds is 9. The summed E-state index contributed by atoms with van der Waals surface area (Å²) < 4.78 is 4.44. The minimum Gasteiger partial charge on any atom is -0.278 e. The Morgan fingerprint density at radius 3 is 0.797 bits per heavy atom. The second-order valence-electron chi connectivity index (χ2n) is 18.2. The first-order valence-corrected chi connectivity index (χ1v) is 24.7. The third-order valence-electron chi connectivity index (χ3n) is 13.9. The molecule has 0 unspecified atom stereocenters. The Labute approximate surface area is 426 Å². The second kappa shape index (κ2) is 17.9. The van der Waals surface area contributed by atoms with Crippen molar-refractivity contribution < 1.29 is 0 Å². The summed E-state index contributed by atoms with van der Waals surface area (Å²) in [6.45, 7) is 0. The zero-order chi connectivity index (χ0) is 49.0. The van der Waals surface area contributed by atoms with Crippen LogP contribution in [0.2, 0.25) is 0 Å². The van der Waals surface area contributed by atoms with Crippen molar-refractivity contribution >= 4 is 43.6 Å². The van der Waals surface area contributed by atoms with Gasteiger partial charge in [-0.05, 0) is 46.5 Å². The van der Waals surface area contributed by atoms with Crippen LogP contribution in [0.3, 0.4) is 0 Å². The van der Waals surface area contributed by atoms with Crippen molar-refractivity contribution in [1.82, 2.24) is 39.0 Å². The van der Waals surface area contributed by atoms with E-state index < -0.39 is 0 Å². The lowest BCUT2D eigenvalue weighted by atomic mass is 9.84. The summed E-state index contributed by atoms with van der Waals surface area (Å²) in [6.07, 6.45) is 0. The number of para-hydroxylation sites is 2. The molecule has 4 heterocycles. The van der Waals surface area contributed by atoms with Gasteiger partial charge in [-0.3, -0.25) is 9.13 Å². The van der Waals surface area contributed by atoms with Crippen LogP contribution in [0.5, 0.6) is 0 Å². The molecule has 4 aromatic heterocycles. The molecule has 0 radical (unpaired) electrons. The Morgan fingerprint density at radius 1 is 0.216 bits per heavy atom. The first-order valence-electron chi connectivity index (χ1n) is 24.7. The molecule has 0 aliphatic rings. The predicted molar refractivity (Wildman–Crippen MR) is 300 cm³/mol. The summed E-state index contributed by atoms with van der Waals surface area (Å²) in [4.78, 5) is 31.5. The fourth-order valence-electron chi connectivity index (χ4n) is 10.6. The van der Waals surface area contributed by atoms with Crippen LogP contribution in [0.1, 0.15) is 0 Å². The van der Waals surface area contributed by atoms with E-state index in [1.54, 1.807) is 0 Å².